The number of unbranched alkanes of at least 4 members (excludes halogenated alkanes) is 18. The Morgan fingerprint density at radius 1 is 0.477 bits per heavy atom. The minimum Gasteiger partial charge on any atom is -0.434 e. The zero-order valence-electron chi connectivity index (χ0n) is 29.2. The topological polar surface area (TPSA) is 55.8 Å². The van der Waals surface area contributed by atoms with Crippen molar-refractivity contribution in [3.05, 3.63) is 48.6 Å². The van der Waals surface area contributed by atoms with Gasteiger partial charge in [0.2, 0.25) is 0 Å². The molecule has 0 heterocycles. The number of ether oxygens (including phenoxy) is 2. The zero-order valence-corrected chi connectivity index (χ0v) is 29.2. The van der Waals surface area contributed by atoms with Gasteiger partial charge in [-0.3, -0.25) is 0 Å². The van der Waals surface area contributed by atoms with Crippen molar-refractivity contribution in [3.8, 4) is 0 Å². The van der Waals surface area contributed by atoms with Crippen LogP contribution in [0.5, 0.6) is 0 Å². The van der Waals surface area contributed by atoms with E-state index in [-0.39, 0.29) is 6.61 Å². The number of allylic oxidation sites excluding steroid dienone is 8. The van der Waals surface area contributed by atoms with Crippen LogP contribution in [-0.2, 0) is 9.47 Å². The summed E-state index contributed by atoms with van der Waals surface area (Å²) in [7, 11) is 0. The van der Waals surface area contributed by atoms with Crippen LogP contribution in [0.3, 0.4) is 0 Å². The molecule has 4 heteroatoms. The molecule has 0 aliphatic heterocycles. The molecule has 0 aromatic carbocycles. The maximum Gasteiger partial charge on any atom is 0.508 e. The van der Waals surface area contributed by atoms with Gasteiger partial charge in [0.1, 0.15) is 0 Å². The van der Waals surface area contributed by atoms with Gasteiger partial charge in [-0.25, -0.2) is 4.79 Å². The minimum absolute atomic E-state index is 0.228. The summed E-state index contributed by atoms with van der Waals surface area (Å²) in [6.07, 6.45) is 47.6. The fourth-order valence-corrected chi connectivity index (χ4v) is 5.08. The Hall–Kier alpha value is -1.81. The van der Waals surface area contributed by atoms with Gasteiger partial charge in [-0.1, -0.05) is 146 Å². The summed E-state index contributed by atoms with van der Waals surface area (Å²) in [5.41, 5.74) is 0. The summed E-state index contributed by atoms with van der Waals surface area (Å²) in [6.45, 7) is 5.14. The second kappa shape index (κ2) is 37.4. The molecule has 0 aromatic heterocycles. The average Bonchev–Trinajstić information content (AvgIpc) is 3.02. The third-order valence-corrected chi connectivity index (χ3v) is 7.97. The minimum atomic E-state index is -0.603. The highest BCUT2D eigenvalue weighted by Crippen LogP contribution is 2.12. The second-order valence-electron chi connectivity index (χ2n) is 12.3. The maximum atomic E-state index is 11.8. The van der Waals surface area contributed by atoms with E-state index in [4.69, 9.17) is 9.47 Å². The summed E-state index contributed by atoms with van der Waals surface area (Å²) in [6, 6.07) is 0. The van der Waals surface area contributed by atoms with Crippen LogP contribution in [-0.4, -0.2) is 30.6 Å². The normalized spacial score (nSPS) is 12.8. The number of hydrogen-bond acceptors (Lipinski definition) is 4. The second-order valence-corrected chi connectivity index (χ2v) is 12.3. The van der Waals surface area contributed by atoms with Gasteiger partial charge >= 0.3 is 6.16 Å². The van der Waals surface area contributed by atoms with Gasteiger partial charge in [-0.2, -0.15) is 0 Å². The first kappa shape index (κ1) is 42.2. The van der Waals surface area contributed by atoms with Crippen LogP contribution in [0.1, 0.15) is 181 Å². The highest BCUT2D eigenvalue weighted by atomic mass is 16.7. The van der Waals surface area contributed by atoms with Gasteiger partial charge in [0.15, 0.2) is 0 Å². The Bertz CT molecular complexity index is 693. The van der Waals surface area contributed by atoms with Gasteiger partial charge in [-0.15, -0.1) is 0 Å². The van der Waals surface area contributed by atoms with E-state index in [2.05, 4.69) is 62.5 Å². The zero-order chi connectivity index (χ0) is 32.0. The monoisotopic (exact) mass is 617 g/mol. The van der Waals surface area contributed by atoms with E-state index in [9.17, 15) is 9.90 Å². The van der Waals surface area contributed by atoms with Crippen molar-refractivity contribution in [2.24, 2.45) is 0 Å². The maximum absolute atomic E-state index is 11.8. The Labute approximate surface area is 273 Å². The lowest BCUT2D eigenvalue weighted by atomic mass is 10.0. The molecule has 1 atom stereocenters. The Morgan fingerprint density at radius 2 is 0.864 bits per heavy atom. The molecule has 4 nitrogen and oxygen atoms in total. The van der Waals surface area contributed by atoms with E-state index in [1.54, 1.807) is 0 Å². The molecule has 0 bridgehead atoms. The molecule has 0 rings (SSSR count). The van der Waals surface area contributed by atoms with Crippen molar-refractivity contribution in [1.82, 2.24) is 0 Å². The van der Waals surface area contributed by atoms with Crippen LogP contribution in [0.25, 0.3) is 0 Å². The van der Waals surface area contributed by atoms with Gasteiger partial charge in [0, 0.05) is 6.42 Å². The summed E-state index contributed by atoms with van der Waals surface area (Å²) < 4.78 is 10.3. The Morgan fingerprint density at radius 3 is 1.34 bits per heavy atom. The summed E-state index contributed by atoms with van der Waals surface area (Å²) in [5, 5.41) is 10.2. The van der Waals surface area contributed by atoms with Crippen molar-refractivity contribution in [2.45, 2.75) is 187 Å². The molecule has 0 saturated heterocycles. The summed E-state index contributed by atoms with van der Waals surface area (Å²) in [5.74, 6) is 0. The fourth-order valence-electron chi connectivity index (χ4n) is 5.08. The molecular weight excluding hydrogens is 544 g/mol. The third-order valence-electron chi connectivity index (χ3n) is 7.97. The molecule has 0 aliphatic carbocycles. The standard InChI is InChI=1S/C40H72O4/c1-3-5-7-9-11-13-15-17-19-21-23-25-27-29-31-33-35-39(41)36-38-44-40(42)43-37-34-32-30-28-26-24-22-20-18-16-14-12-10-8-6-4-2/h11-14,17-20,39,41H,3-10,15-16,21-38H2,1-2H3/b13-11-,14-12-,19-17-,20-18-. The number of carbonyl (C=O) groups excluding carboxylic acids is 1. The lowest BCUT2D eigenvalue weighted by Crippen LogP contribution is -2.14. The quantitative estimate of drug-likeness (QED) is 0.0453. The lowest BCUT2D eigenvalue weighted by molar-refractivity contribution is 0.0406. The number of aliphatic hydroxyl groups is 1. The first-order chi connectivity index (χ1) is 21.7. The first-order valence-electron chi connectivity index (χ1n) is 18.8. The molecule has 0 radical (unpaired) electrons. The predicted molar refractivity (Wildman–Crippen MR) is 191 cm³/mol. The summed E-state index contributed by atoms with van der Waals surface area (Å²) >= 11 is 0. The molecule has 0 saturated carbocycles. The number of aliphatic hydroxyl groups excluding tert-OH is 1. The van der Waals surface area contributed by atoms with Crippen molar-refractivity contribution in [2.75, 3.05) is 13.2 Å². The SMILES string of the molecule is CCCCC/C=C\C/C=C\CCCCCCCCOC(=O)OCCC(O)CCCCCCCC/C=C\C/C=C\CCCCC. The van der Waals surface area contributed by atoms with E-state index < -0.39 is 12.3 Å². The summed E-state index contributed by atoms with van der Waals surface area (Å²) in [4.78, 5) is 11.8. The molecule has 0 fully saturated rings. The van der Waals surface area contributed by atoms with Gasteiger partial charge < -0.3 is 14.6 Å². The average molecular weight is 617 g/mol. The predicted octanol–water partition coefficient (Wildman–Crippen LogP) is 12.9. The van der Waals surface area contributed by atoms with Crippen LogP contribution in [0.15, 0.2) is 48.6 Å². The van der Waals surface area contributed by atoms with E-state index >= 15 is 0 Å². The van der Waals surface area contributed by atoms with Crippen molar-refractivity contribution in [1.29, 1.82) is 0 Å². The molecule has 256 valence electrons. The van der Waals surface area contributed by atoms with E-state index in [1.807, 2.05) is 0 Å². The van der Waals surface area contributed by atoms with Crippen molar-refractivity contribution < 1.29 is 19.4 Å². The van der Waals surface area contributed by atoms with Crippen molar-refractivity contribution in [3.63, 3.8) is 0 Å². The molecule has 1 N–H and O–H groups in total. The first-order valence-corrected chi connectivity index (χ1v) is 18.8. The highest BCUT2D eigenvalue weighted by Gasteiger charge is 2.08. The smallest absolute Gasteiger partial charge is 0.434 e. The molecule has 0 aliphatic rings. The van der Waals surface area contributed by atoms with E-state index in [0.29, 0.717) is 13.0 Å². The number of rotatable bonds is 33. The molecule has 0 amide bonds. The van der Waals surface area contributed by atoms with Crippen LogP contribution in [0.4, 0.5) is 4.79 Å². The molecular formula is C40H72O4. The third kappa shape index (κ3) is 36.4. The van der Waals surface area contributed by atoms with E-state index in [0.717, 1.165) is 44.9 Å². The highest BCUT2D eigenvalue weighted by molar-refractivity contribution is 5.59. The molecule has 0 spiro atoms. The Balaban J connectivity index is 3.37. The molecule has 0 aromatic rings. The molecule has 44 heavy (non-hydrogen) atoms. The number of hydrogen-bond donors (Lipinski definition) is 1. The van der Waals surface area contributed by atoms with E-state index in [1.165, 1.54) is 116 Å². The van der Waals surface area contributed by atoms with Crippen LogP contribution < -0.4 is 0 Å². The van der Waals surface area contributed by atoms with Crippen LogP contribution in [0, 0.1) is 0 Å². The largest absolute Gasteiger partial charge is 0.508 e. The van der Waals surface area contributed by atoms with Crippen LogP contribution in [0.2, 0.25) is 0 Å². The Kier molecular flexibility index (Phi) is 35.8. The lowest BCUT2D eigenvalue weighted by Gasteiger charge is -2.11. The van der Waals surface area contributed by atoms with Gasteiger partial charge in [0.05, 0.1) is 19.3 Å². The van der Waals surface area contributed by atoms with Gasteiger partial charge in [-0.05, 0) is 77.0 Å². The molecule has 1 unspecified atom stereocenters. The van der Waals surface area contributed by atoms with Crippen LogP contribution >= 0.6 is 0 Å². The fraction of sp³-hybridized carbons (Fsp3) is 0.775. The van der Waals surface area contributed by atoms with Crippen molar-refractivity contribution >= 4 is 6.16 Å². The van der Waals surface area contributed by atoms with Gasteiger partial charge in [0.25, 0.3) is 0 Å². The number of carbonyl (C=O) groups is 1.